The Balaban J connectivity index is 2.31. The van der Waals surface area contributed by atoms with Crippen molar-refractivity contribution in [2.75, 3.05) is 13.1 Å². The zero-order valence-electron chi connectivity index (χ0n) is 9.73. The number of hydrogen-bond acceptors (Lipinski definition) is 3. The lowest BCUT2D eigenvalue weighted by molar-refractivity contribution is 0.433. The highest BCUT2D eigenvalue weighted by Crippen LogP contribution is 2.32. The summed E-state index contributed by atoms with van der Waals surface area (Å²) in [6, 6.07) is 1.73. The van der Waals surface area contributed by atoms with Crippen molar-refractivity contribution in [3.63, 3.8) is 0 Å². The topological polar surface area (TPSA) is 37.4 Å². The first-order valence-corrected chi connectivity index (χ1v) is 8.38. The van der Waals surface area contributed by atoms with Crippen LogP contribution in [0, 0.1) is 6.92 Å². The minimum atomic E-state index is -3.31. The summed E-state index contributed by atoms with van der Waals surface area (Å²) in [5.41, 5.74) is 2.23. The Kier molecular flexibility index (Phi) is 3.77. The van der Waals surface area contributed by atoms with Gasteiger partial charge in [0, 0.05) is 13.1 Å². The van der Waals surface area contributed by atoms with Gasteiger partial charge in [-0.2, -0.15) is 4.31 Å². The molecule has 17 heavy (non-hydrogen) atoms. The molecule has 0 aliphatic carbocycles. The second-order valence-electron chi connectivity index (χ2n) is 4.19. The third kappa shape index (κ3) is 2.65. The van der Waals surface area contributed by atoms with Crippen LogP contribution in [0.2, 0.25) is 0 Å². The van der Waals surface area contributed by atoms with Crippen molar-refractivity contribution < 1.29 is 8.42 Å². The molecule has 1 aliphatic rings. The molecule has 0 amide bonds. The second-order valence-corrected chi connectivity index (χ2v) is 8.72. The number of hydrogen-bond donors (Lipinski definition) is 0. The molecule has 3 nitrogen and oxygen atoms in total. The standard InChI is InChI=1S/C11H14BrNO2S2/c1-8-3-5-13(6-4-8)17(14,15)10-7-9(2)11(12)16-10/h3,7H,4-6H2,1-2H3. The molecule has 0 spiro atoms. The van der Waals surface area contributed by atoms with Gasteiger partial charge in [0.15, 0.2) is 0 Å². The maximum Gasteiger partial charge on any atom is 0.252 e. The minimum Gasteiger partial charge on any atom is -0.206 e. The van der Waals surface area contributed by atoms with Crippen LogP contribution in [0.3, 0.4) is 0 Å². The summed E-state index contributed by atoms with van der Waals surface area (Å²) in [6.45, 7) is 5.01. The van der Waals surface area contributed by atoms with Crippen molar-refractivity contribution >= 4 is 37.3 Å². The van der Waals surface area contributed by atoms with E-state index in [4.69, 9.17) is 0 Å². The van der Waals surface area contributed by atoms with E-state index >= 15 is 0 Å². The predicted molar refractivity (Wildman–Crippen MR) is 73.9 cm³/mol. The molecule has 1 aromatic heterocycles. The smallest absolute Gasteiger partial charge is 0.206 e. The highest BCUT2D eigenvalue weighted by Gasteiger charge is 2.27. The Morgan fingerprint density at radius 3 is 2.59 bits per heavy atom. The first-order chi connectivity index (χ1) is 7.91. The zero-order valence-corrected chi connectivity index (χ0v) is 13.0. The van der Waals surface area contributed by atoms with E-state index in [9.17, 15) is 8.42 Å². The summed E-state index contributed by atoms with van der Waals surface area (Å²) in [5.74, 6) is 0. The van der Waals surface area contributed by atoms with E-state index < -0.39 is 10.0 Å². The fourth-order valence-electron chi connectivity index (χ4n) is 1.66. The number of aryl methyl sites for hydroxylation is 1. The van der Waals surface area contributed by atoms with E-state index in [-0.39, 0.29) is 0 Å². The molecule has 0 atom stereocenters. The highest BCUT2D eigenvalue weighted by molar-refractivity contribution is 9.11. The second kappa shape index (κ2) is 4.84. The molecule has 0 fully saturated rings. The largest absolute Gasteiger partial charge is 0.252 e. The molecule has 0 radical (unpaired) electrons. The molecule has 0 saturated heterocycles. The van der Waals surface area contributed by atoms with Crippen LogP contribution >= 0.6 is 27.3 Å². The Morgan fingerprint density at radius 2 is 2.12 bits per heavy atom. The fraction of sp³-hybridized carbons (Fsp3) is 0.455. The van der Waals surface area contributed by atoms with Gasteiger partial charge in [-0.3, -0.25) is 0 Å². The Bertz CT molecular complexity index is 541. The van der Waals surface area contributed by atoms with Gasteiger partial charge >= 0.3 is 0 Å². The summed E-state index contributed by atoms with van der Waals surface area (Å²) in [4.78, 5) is 0. The van der Waals surface area contributed by atoms with Gasteiger partial charge in [0.25, 0.3) is 10.0 Å². The average Bonchev–Trinajstić information content (AvgIpc) is 2.60. The summed E-state index contributed by atoms with van der Waals surface area (Å²) >= 11 is 4.65. The highest BCUT2D eigenvalue weighted by atomic mass is 79.9. The maximum atomic E-state index is 12.3. The van der Waals surface area contributed by atoms with Crippen LogP contribution in [0.15, 0.2) is 25.7 Å². The third-order valence-corrected chi connectivity index (χ3v) is 7.28. The van der Waals surface area contributed by atoms with Crippen molar-refractivity contribution in [2.24, 2.45) is 0 Å². The summed E-state index contributed by atoms with van der Waals surface area (Å²) in [6.07, 6.45) is 2.81. The summed E-state index contributed by atoms with van der Waals surface area (Å²) < 4.78 is 27.5. The maximum absolute atomic E-state index is 12.3. The third-order valence-electron chi connectivity index (χ3n) is 2.83. The van der Waals surface area contributed by atoms with Crippen LogP contribution in [0.4, 0.5) is 0 Å². The Labute approximate surface area is 114 Å². The lowest BCUT2D eigenvalue weighted by atomic mass is 10.1. The van der Waals surface area contributed by atoms with Gasteiger partial charge in [0.1, 0.15) is 4.21 Å². The Hall–Kier alpha value is -0.170. The molecule has 1 aromatic rings. The molecule has 0 N–H and O–H groups in total. The van der Waals surface area contributed by atoms with E-state index in [1.807, 2.05) is 19.9 Å². The van der Waals surface area contributed by atoms with Crippen molar-refractivity contribution in [2.45, 2.75) is 24.5 Å². The number of halogens is 1. The normalized spacial score (nSPS) is 18.2. The lowest BCUT2D eigenvalue weighted by Gasteiger charge is -2.23. The van der Waals surface area contributed by atoms with Crippen molar-refractivity contribution in [3.8, 4) is 0 Å². The van der Waals surface area contributed by atoms with Crippen LogP contribution in [-0.4, -0.2) is 25.8 Å². The predicted octanol–water partition coefficient (Wildman–Crippen LogP) is 3.16. The van der Waals surface area contributed by atoms with Gasteiger partial charge in [-0.15, -0.1) is 11.3 Å². The zero-order chi connectivity index (χ0) is 12.6. The quantitative estimate of drug-likeness (QED) is 0.778. The number of sulfonamides is 1. The lowest BCUT2D eigenvalue weighted by Crippen LogP contribution is -2.34. The monoisotopic (exact) mass is 335 g/mol. The van der Waals surface area contributed by atoms with Crippen LogP contribution < -0.4 is 0 Å². The van der Waals surface area contributed by atoms with E-state index in [1.54, 1.807) is 6.07 Å². The fourth-order valence-corrected chi connectivity index (χ4v) is 5.42. The van der Waals surface area contributed by atoms with Crippen molar-refractivity contribution in [1.29, 1.82) is 0 Å². The van der Waals surface area contributed by atoms with Gasteiger partial charge in [0.05, 0.1) is 3.79 Å². The number of rotatable bonds is 2. The van der Waals surface area contributed by atoms with E-state index in [0.717, 1.165) is 15.8 Å². The van der Waals surface area contributed by atoms with E-state index in [2.05, 4.69) is 15.9 Å². The van der Waals surface area contributed by atoms with E-state index in [1.165, 1.54) is 21.2 Å². The molecule has 0 saturated carbocycles. The molecular formula is C11H14BrNO2S2. The SMILES string of the molecule is CC1=CCN(S(=O)(=O)c2cc(C)c(Br)s2)CC1. The first-order valence-electron chi connectivity index (χ1n) is 5.33. The summed E-state index contributed by atoms with van der Waals surface area (Å²) in [5, 5.41) is 0. The molecule has 94 valence electrons. The minimum absolute atomic E-state index is 0.426. The molecule has 2 heterocycles. The van der Waals surface area contributed by atoms with Crippen LogP contribution in [0.5, 0.6) is 0 Å². The molecule has 0 aromatic carbocycles. The number of nitrogens with zero attached hydrogens (tertiary/aromatic N) is 1. The molecule has 2 rings (SSSR count). The molecular weight excluding hydrogens is 322 g/mol. The van der Waals surface area contributed by atoms with E-state index in [0.29, 0.717) is 17.3 Å². The van der Waals surface area contributed by atoms with Crippen molar-refractivity contribution in [3.05, 3.63) is 27.1 Å². The average molecular weight is 336 g/mol. The molecule has 0 unspecified atom stereocenters. The van der Waals surface area contributed by atoms with Crippen LogP contribution in [0.25, 0.3) is 0 Å². The van der Waals surface area contributed by atoms with Crippen LogP contribution in [0.1, 0.15) is 18.9 Å². The van der Waals surface area contributed by atoms with Crippen LogP contribution in [-0.2, 0) is 10.0 Å². The van der Waals surface area contributed by atoms with Gasteiger partial charge < -0.3 is 0 Å². The first kappa shape index (κ1) is 13.3. The van der Waals surface area contributed by atoms with Gasteiger partial charge in [0.2, 0.25) is 0 Å². The molecule has 0 bridgehead atoms. The number of thiophene rings is 1. The van der Waals surface area contributed by atoms with Gasteiger partial charge in [-0.05, 0) is 47.8 Å². The summed E-state index contributed by atoms with van der Waals surface area (Å²) in [7, 11) is -3.31. The molecule has 1 aliphatic heterocycles. The van der Waals surface area contributed by atoms with Crippen molar-refractivity contribution in [1.82, 2.24) is 4.31 Å². The molecule has 6 heteroatoms. The van der Waals surface area contributed by atoms with Gasteiger partial charge in [-0.25, -0.2) is 8.42 Å². The van der Waals surface area contributed by atoms with Gasteiger partial charge in [-0.1, -0.05) is 11.6 Å². The Morgan fingerprint density at radius 1 is 1.41 bits per heavy atom.